The first kappa shape index (κ1) is 13.1. The molecule has 0 saturated carbocycles. The molecular weight excluding hydrogens is 252 g/mol. The summed E-state index contributed by atoms with van der Waals surface area (Å²) in [5.74, 6) is 1.70. The van der Waals surface area contributed by atoms with Crippen molar-refractivity contribution in [3.05, 3.63) is 18.3 Å². The largest absolute Gasteiger partial charge is 0.487 e. The second-order valence-corrected chi connectivity index (χ2v) is 6.99. The van der Waals surface area contributed by atoms with Crippen LogP contribution in [0, 0.1) is 0 Å². The van der Waals surface area contributed by atoms with Crippen LogP contribution in [0.1, 0.15) is 20.3 Å². The molecule has 1 N–H and O–H groups in total. The van der Waals surface area contributed by atoms with Crippen LogP contribution in [-0.2, 0) is 9.84 Å². The molecule has 100 valence electrons. The quantitative estimate of drug-likeness (QED) is 0.897. The molecule has 18 heavy (non-hydrogen) atoms. The number of sulfone groups is 1. The summed E-state index contributed by atoms with van der Waals surface area (Å²) in [4.78, 5) is 4.21. The van der Waals surface area contributed by atoms with Gasteiger partial charge in [0, 0.05) is 12.2 Å². The van der Waals surface area contributed by atoms with E-state index in [1.165, 1.54) is 0 Å². The van der Waals surface area contributed by atoms with Crippen molar-refractivity contribution in [1.29, 1.82) is 0 Å². The van der Waals surface area contributed by atoms with E-state index in [2.05, 4.69) is 10.3 Å². The van der Waals surface area contributed by atoms with Crippen molar-refractivity contribution in [3.8, 4) is 5.75 Å². The summed E-state index contributed by atoms with van der Waals surface area (Å²) < 4.78 is 28.4. The van der Waals surface area contributed by atoms with E-state index in [4.69, 9.17) is 4.74 Å². The predicted molar refractivity (Wildman–Crippen MR) is 70.7 cm³/mol. The highest BCUT2D eigenvalue weighted by molar-refractivity contribution is 7.91. The number of aromatic nitrogens is 1. The minimum Gasteiger partial charge on any atom is -0.487 e. The first-order valence-electron chi connectivity index (χ1n) is 6.05. The SMILES string of the molecule is CC(C)Oc1cccnc1NC1CCS(=O)(=O)C1. The molecule has 1 aliphatic rings. The molecule has 1 aromatic rings. The number of anilines is 1. The highest BCUT2D eigenvalue weighted by Gasteiger charge is 2.28. The summed E-state index contributed by atoms with van der Waals surface area (Å²) in [5, 5.41) is 3.16. The molecule has 1 aliphatic heterocycles. The van der Waals surface area contributed by atoms with Crippen LogP contribution in [0.4, 0.5) is 5.82 Å². The number of hydrogen-bond acceptors (Lipinski definition) is 5. The Morgan fingerprint density at radius 2 is 2.28 bits per heavy atom. The van der Waals surface area contributed by atoms with E-state index < -0.39 is 9.84 Å². The van der Waals surface area contributed by atoms with E-state index >= 15 is 0 Å². The fraction of sp³-hybridized carbons (Fsp3) is 0.583. The van der Waals surface area contributed by atoms with Gasteiger partial charge in [-0.3, -0.25) is 0 Å². The first-order valence-corrected chi connectivity index (χ1v) is 7.87. The van der Waals surface area contributed by atoms with Gasteiger partial charge in [0.1, 0.15) is 0 Å². The molecule has 0 amide bonds. The fourth-order valence-corrected chi connectivity index (χ4v) is 3.62. The third-order valence-corrected chi connectivity index (χ3v) is 4.47. The Morgan fingerprint density at radius 3 is 2.89 bits per heavy atom. The maximum atomic E-state index is 11.4. The molecule has 6 heteroatoms. The Morgan fingerprint density at radius 1 is 1.50 bits per heavy atom. The van der Waals surface area contributed by atoms with Gasteiger partial charge in [-0.25, -0.2) is 13.4 Å². The van der Waals surface area contributed by atoms with Gasteiger partial charge in [-0.15, -0.1) is 0 Å². The van der Waals surface area contributed by atoms with Gasteiger partial charge >= 0.3 is 0 Å². The number of nitrogens with one attached hydrogen (secondary N) is 1. The maximum absolute atomic E-state index is 11.4. The van der Waals surface area contributed by atoms with Gasteiger partial charge in [0.25, 0.3) is 0 Å². The lowest BCUT2D eigenvalue weighted by Crippen LogP contribution is -2.22. The highest BCUT2D eigenvalue weighted by atomic mass is 32.2. The highest BCUT2D eigenvalue weighted by Crippen LogP contribution is 2.25. The molecular formula is C12H18N2O3S. The Hall–Kier alpha value is -1.30. The normalized spacial score (nSPS) is 22.1. The molecule has 1 saturated heterocycles. The summed E-state index contributed by atoms with van der Waals surface area (Å²) in [6.45, 7) is 3.88. The van der Waals surface area contributed by atoms with Crippen LogP contribution >= 0.6 is 0 Å². The van der Waals surface area contributed by atoms with Crippen LogP contribution in [0.25, 0.3) is 0 Å². The zero-order valence-corrected chi connectivity index (χ0v) is 11.4. The predicted octanol–water partition coefficient (Wildman–Crippen LogP) is 1.47. The molecule has 1 fully saturated rings. The fourth-order valence-electron chi connectivity index (χ4n) is 1.95. The number of pyridine rings is 1. The third kappa shape index (κ3) is 3.35. The summed E-state index contributed by atoms with van der Waals surface area (Å²) in [6, 6.07) is 3.56. The summed E-state index contributed by atoms with van der Waals surface area (Å²) in [6.07, 6.45) is 2.35. The van der Waals surface area contributed by atoms with Gasteiger partial charge < -0.3 is 10.1 Å². The second kappa shape index (κ2) is 5.14. The molecule has 0 aliphatic carbocycles. The Labute approximate surface area is 107 Å². The van der Waals surface area contributed by atoms with E-state index in [1.807, 2.05) is 19.9 Å². The second-order valence-electron chi connectivity index (χ2n) is 4.76. The summed E-state index contributed by atoms with van der Waals surface area (Å²) in [5.41, 5.74) is 0. The number of rotatable bonds is 4. The van der Waals surface area contributed by atoms with Crippen LogP contribution in [-0.4, -0.2) is 37.1 Å². The Bertz CT molecular complexity index is 514. The van der Waals surface area contributed by atoms with Gasteiger partial charge in [-0.1, -0.05) is 0 Å². The van der Waals surface area contributed by atoms with Crippen molar-refractivity contribution in [2.75, 3.05) is 16.8 Å². The van der Waals surface area contributed by atoms with Crippen molar-refractivity contribution >= 4 is 15.7 Å². The molecule has 5 nitrogen and oxygen atoms in total. The lowest BCUT2D eigenvalue weighted by atomic mass is 10.2. The minimum atomic E-state index is -2.88. The molecule has 1 unspecified atom stereocenters. The molecule has 0 radical (unpaired) electrons. The maximum Gasteiger partial charge on any atom is 0.169 e. The van der Waals surface area contributed by atoms with Gasteiger partial charge in [-0.05, 0) is 32.4 Å². The Balaban J connectivity index is 2.09. The lowest BCUT2D eigenvalue weighted by molar-refractivity contribution is 0.242. The van der Waals surface area contributed by atoms with Crippen molar-refractivity contribution in [2.45, 2.75) is 32.4 Å². The first-order chi connectivity index (χ1) is 8.46. The summed E-state index contributed by atoms with van der Waals surface area (Å²) >= 11 is 0. The van der Waals surface area contributed by atoms with Gasteiger partial charge in [0.05, 0.1) is 17.6 Å². The molecule has 2 rings (SSSR count). The van der Waals surface area contributed by atoms with Crippen molar-refractivity contribution < 1.29 is 13.2 Å². The monoisotopic (exact) mass is 270 g/mol. The van der Waals surface area contributed by atoms with Gasteiger partial charge in [0.15, 0.2) is 21.4 Å². The van der Waals surface area contributed by atoms with Crippen LogP contribution in [0.15, 0.2) is 18.3 Å². The molecule has 0 bridgehead atoms. The standard InChI is InChI=1S/C12H18N2O3S/c1-9(2)17-11-4-3-6-13-12(11)14-10-5-7-18(15,16)8-10/h3-4,6,9-10H,5,7-8H2,1-2H3,(H,13,14). The minimum absolute atomic E-state index is 0.0575. The van der Waals surface area contributed by atoms with Crippen molar-refractivity contribution in [2.24, 2.45) is 0 Å². The summed E-state index contributed by atoms with van der Waals surface area (Å²) in [7, 11) is -2.88. The number of ether oxygens (including phenoxy) is 1. The molecule has 0 spiro atoms. The van der Waals surface area contributed by atoms with Crippen molar-refractivity contribution in [1.82, 2.24) is 4.98 Å². The van der Waals surface area contributed by atoms with E-state index in [0.29, 0.717) is 18.0 Å². The van der Waals surface area contributed by atoms with Crippen LogP contribution < -0.4 is 10.1 Å². The smallest absolute Gasteiger partial charge is 0.169 e. The lowest BCUT2D eigenvalue weighted by Gasteiger charge is -2.17. The van der Waals surface area contributed by atoms with Gasteiger partial charge in [-0.2, -0.15) is 0 Å². The van der Waals surface area contributed by atoms with Crippen LogP contribution in [0.2, 0.25) is 0 Å². The van der Waals surface area contributed by atoms with Crippen LogP contribution in [0.3, 0.4) is 0 Å². The third-order valence-electron chi connectivity index (χ3n) is 2.71. The van der Waals surface area contributed by atoms with E-state index in [9.17, 15) is 8.42 Å². The molecule has 2 heterocycles. The molecule has 1 atom stereocenters. The van der Waals surface area contributed by atoms with E-state index in [1.54, 1.807) is 12.3 Å². The van der Waals surface area contributed by atoms with Gasteiger partial charge in [0.2, 0.25) is 0 Å². The average molecular weight is 270 g/mol. The van der Waals surface area contributed by atoms with Crippen LogP contribution in [0.5, 0.6) is 5.75 Å². The average Bonchev–Trinajstić information content (AvgIpc) is 2.60. The van der Waals surface area contributed by atoms with E-state index in [-0.39, 0.29) is 23.7 Å². The number of hydrogen-bond donors (Lipinski definition) is 1. The topological polar surface area (TPSA) is 68.3 Å². The number of nitrogens with zero attached hydrogens (tertiary/aromatic N) is 1. The molecule has 1 aromatic heterocycles. The van der Waals surface area contributed by atoms with E-state index in [0.717, 1.165) is 0 Å². The zero-order valence-electron chi connectivity index (χ0n) is 10.6. The van der Waals surface area contributed by atoms with Crippen molar-refractivity contribution in [3.63, 3.8) is 0 Å². The zero-order chi connectivity index (χ0) is 13.2. The molecule has 0 aromatic carbocycles. The Kier molecular flexibility index (Phi) is 3.75.